The predicted molar refractivity (Wildman–Crippen MR) is 132 cm³/mol. The average molecular weight is 514 g/mol. The molecule has 0 aliphatic carbocycles. The molecule has 4 nitrogen and oxygen atoms in total. The van der Waals surface area contributed by atoms with E-state index in [-0.39, 0.29) is 5.91 Å². The molecule has 0 saturated carbocycles. The summed E-state index contributed by atoms with van der Waals surface area (Å²) in [6.07, 6.45) is 1.81. The van der Waals surface area contributed by atoms with Gasteiger partial charge in [0.15, 0.2) is 5.11 Å². The van der Waals surface area contributed by atoms with Gasteiger partial charge in [0.2, 0.25) is 0 Å². The van der Waals surface area contributed by atoms with Crippen molar-refractivity contribution in [2.45, 2.75) is 6.61 Å². The van der Waals surface area contributed by atoms with Crippen LogP contribution in [0, 0.1) is 0 Å². The van der Waals surface area contributed by atoms with Crippen LogP contribution in [0.3, 0.4) is 0 Å². The Kier molecular flexibility index (Phi) is 6.41. The second-order valence-corrected chi connectivity index (χ2v) is 8.66. The summed E-state index contributed by atoms with van der Waals surface area (Å²) in [7, 11) is 1.79. The van der Waals surface area contributed by atoms with E-state index in [1.165, 1.54) is 4.90 Å². The van der Waals surface area contributed by atoms with Crippen LogP contribution in [-0.2, 0) is 11.4 Å². The molecule has 1 fully saturated rings. The molecule has 0 bridgehead atoms. The average Bonchev–Trinajstić information content (AvgIpc) is 2.98. The molecule has 0 unspecified atom stereocenters. The zero-order valence-electron chi connectivity index (χ0n) is 16.6. The van der Waals surface area contributed by atoms with Gasteiger partial charge in [-0.2, -0.15) is 0 Å². The monoisotopic (exact) mass is 512 g/mol. The quantitative estimate of drug-likeness (QED) is 0.297. The number of benzene rings is 3. The van der Waals surface area contributed by atoms with Gasteiger partial charge < -0.3 is 9.64 Å². The number of para-hydroxylation sites is 1. The van der Waals surface area contributed by atoms with Crippen molar-refractivity contribution in [3.63, 3.8) is 0 Å². The first-order chi connectivity index (χ1) is 14.9. The fourth-order valence-corrected chi connectivity index (χ4v) is 4.01. The summed E-state index contributed by atoms with van der Waals surface area (Å²) in [6.45, 7) is 0.382. The second-order valence-electron chi connectivity index (χ2n) is 6.94. The van der Waals surface area contributed by atoms with Crippen molar-refractivity contribution in [3.05, 3.63) is 99.1 Å². The number of hydrogen-bond acceptors (Lipinski definition) is 3. The Hall–Kier alpha value is -2.67. The smallest absolute Gasteiger partial charge is 0.281 e. The molecule has 0 spiro atoms. The van der Waals surface area contributed by atoms with Crippen molar-refractivity contribution in [2.24, 2.45) is 0 Å². The minimum atomic E-state index is -0.178. The number of amides is 1. The van der Waals surface area contributed by atoms with E-state index >= 15 is 0 Å². The fraction of sp³-hybridized carbons (Fsp3) is 0.0833. The SMILES string of the molecule is CN1C(=S)N(c2ccccc2)C(=O)/C1=C/c1cc(Br)ccc1OCc1ccc(Cl)cc1. The van der Waals surface area contributed by atoms with E-state index in [0.717, 1.165) is 21.3 Å². The lowest BCUT2D eigenvalue weighted by molar-refractivity contribution is -0.114. The summed E-state index contributed by atoms with van der Waals surface area (Å²) in [6, 6.07) is 22.6. The van der Waals surface area contributed by atoms with Gasteiger partial charge in [0.1, 0.15) is 18.1 Å². The van der Waals surface area contributed by atoms with Crippen LogP contribution < -0.4 is 9.64 Å². The number of ether oxygens (including phenoxy) is 1. The molecule has 0 atom stereocenters. The number of hydrogen-bond donors (Lipinski definition) is 0. The molecule has 0 radical (unpaired) electrons. The van der Waals surface area contributed by atoms with E-state index in [1.54, 1.807) is 18.0 Å². The van der Waals surface area contributed by atoms with E-state index in [4.69, 9.17) is 28.6 Å². The topological polar surface area (TPSA) is 32.8 Å². The van der Waals surface area contributed by atoms with Gasteiger partial charge in [-0.05, 0) is 66.3 Å². The van der Waals surface area contributed by atoms with Gasteiger partial charge in [-0.3, -0.25) is 9.69 Å². The predicted octanol–water partition coefficient (Wildman–Crippen LogP) is 6.29. The highest BCUT2D eigenvalue weighted by Crippen LogP contribution is 2.31. The van der Waals surface area contributed by atoms with E-state index < -0.39 is 0 Å². The summed E-state index contributed by atoms with van der Waals surface area (Å²) in [5.41, 5.74) is 2.98. The Labute approximate surface area is 199 Å². The molecule has 0 aromatic heterocycles. The summed E-state index contributed by atoms with van der Waals surface area (Å²) in [4.78, 5) is 16.5. The molecular formula is C24H18BrClN2O2S. The van der Waals surface area contributed by atoms with Crippen LogP contribution >= 0.6 is 39.7 Å². The van der Waals surface area contributed by atoms with Crippen molar-refractivity contribution in [2.75, 3.05) is 11.9 Å². The van der Waals surface area contributed by atoms with Crippen molar-refractivity contribution in [3.8, 4) is 5.75 Å². The lowest BCUT2D eigenvalue weighted by Crippen LogP contribution is -2.30. The highest BCUT2D eigenvalue weighted by molar-refractivity contribution is 9.10. The molecule has 1 amide bonds. The molecular weight excluding hydrogens is 496 g/mol. The van der Waals surface area contributed by atoms with Gasteiger partial charge in [-0.1, -0.05) is 57.9 Å². The Morgan fingerprint density at radius 2 is 1.77 bits per heavy atom. The van der Waals surface area contributed by atoms with E-state index in [9.17, 15) is 4.79 Å². The standard InChI is InChI=1S/C24H18BrClN2O2S/c1-27-21(23(29)28(24(27)31)20-5-3-2-4-6-20)14-17-13-18(25)9-12-22(17)30-15-16-7-10-19(26)11-8-16/h2-14H,15H2,1H3/b21-14-. The van der Waals surface area contributed by atoms with Crippen LogP contribution in [0.1, 0.15) is 11.1 Å². The molecule has 7 heteroatoms. The highest BCUT2D eigenvalue weighted by Gasteiger charge is 2.36. The highest BCUT2D eigenvalue weighted by atomic mass is 79.9. The van der Waals surface area contributed by atoms with Crippen LogP contribution in [-0.4, -0.2) is 23.0 Å². The summed E-state index contributed by atoms with van der Waals surface area (Å²) in [5.74, 6) is 0.484. The third kappa shape index (κ3) is 4.66. The lowest BCUT2D eigenvalue weighted by Gasteiger charge is -2.16. The minimum Gasteiger partial charge on any atom is -0.488 e. The number of thiocarbonyl (C=S) groups is 1. The first-order valence-corrected chi connectivity index (χ1v) is 11.1. The first kappa shape index (κ1) is 21.6. The van der Waals surface area contributed by atoms with Gasteiger partial charge >= 0.3 is 0 Å². The number of rotatable bonds is 5. The Balaban J connectivity index is 1.64. The molecule has 1 aliphatic rings. The first-order valence-electron chi connectivity index (χ1n) is 9.50. The van der Waals surface area contributed by atoms with Crippen LogP contribution in [0.15, 0.2) is 83.0 Å². The van der Waals surface area contributed by atoms with Crippen LogP contribution in [0.4, 0.5) is 5.69 Å². The maximum absolute atomic E-state index is 13.2. The fourth-order valence-electron chi connectivity index (χ4n) is 3.21. The normalized spacial score (nSPS) is 15.1. The molecule has 156 valence electrons. The summed E-state index contributed by atoms with van der Waals surface area (Å²) < 4.78 is 6.94. The van der Waals surface area contributed by atoms with Crippen molar-refractivity contribution < 1.29 is 9.53 Å². The van der Waals surface area contributed by atoms with Crippen molar-refractivity contribution in [1.29, 1.82) is 0 Å². The Morgan fingerprint density at radius 3 is 2.48 bits per heavy atom. The molecule has 3 aromatic carbocycles. The van der Waals surface area contributed by atoms with Crippen LogP contribution in [0.5, 0.6) is 5.75 Å². The number of nitrogens with zero attached hydrogens (tertiary/aromatic N) is 2. The molecule has 4 rings (SSSR count). The molecule has 31 heavy (non-hydrogen) atoms. The molecule has 1 aliphatic heterocycles. The number of carbonyl (C=O) groups excluding carboxylic acids is 1. The van der Waals surface area contributed by atoms with Gasteiger partial charge in [-0.25, -0.2) is 0 Å². The van der Waals surface area contributed by atoms with Gasteiger partial charge in [0.05, 0.1) is 5.69 Å². The molecule has 0 N–H and O–H groups in total. The van der Waals surface area contributed by atoms with Gasteiger partial charge in [-0.15, -0.1) is 0 Å². The molecule has 1 saturated heterocycles. The number of carbonyl (C=O) groups is 1. The number of halogens is 2. The Bertz CT molecular complexity index is 1170. The maximum atomic E-state index is 13.2. The van der Waals surface area contributed by atoms with Crippen LogP contribution in [0.2, 0.25) is 5.02 Å². The van der Waals surface area contributed by atoms with Crippen molar-refractivity contribution in [1.82, 2.24) is 4.90 Å². The van der Waals surface area contributed by atoms with Gasteiger partial charge in [0.25, 0.3) is 5.91 Å². The summed E-state index contributed by atoms with van der Waals surface area (Å²) in [5, 5.41) is 1.11. The van der Waals surface area contributed by atoms with Gasteiger partial charge in [0, 0.05) is 22.1 Å². The lowest BCUT2D eigenvalue weighted by atomic mass is 10.1. The van der Waals surface area contributed by atoms with E-state index in [0.29, 0.717) is 28.2 Å². The van der Waals surface area contributed by atoms with Crippen molar-refractivity contribution >= 4 is 62.5 Å². The largest absolute Gasteiger partial charge is 0.488 e. The van der Waals surface area contributed by atoms with Crippen LogP contribution in [0.25, 0.3) is 6.08 Å². The zero-order valence-corrected chi connectivity index (χ0v) is 19.7. The van der Waals surface area contributed by atoms with E-state index in [2.05, 4.69) is 15.9 Å². The number of anilines is 1. The zero-order chi connectivity index (χ0) is 22.0. The maximum Gasteiger partial charge on any atom is 0.281 e. The minimum absolute atomic E-state index is 0.178. The third-order valence-corrected chi connectivity index (χ3v) is 6.05. The molecule has 3 aromatic rings. The molecule has 1 heterocycles. The third-order valence-electron chi connectivity index (χ3n) is 4.85. The second kappa shape index (κ2) is 9.22. The number of likely N-dealkylation sites (N-methyl/N-ethyl adjacent to an activating group) is 1. The summed E-state index contributed by atoms with van der Waals surface area (Å²) >= 11 is 15.0. The Morgan fingerprint density at radius 1 is 1.06 bits per heavy atom. The van der Waals surface area contributed by atoms with E-state index in [1.807, 2.05) is 72.8 Å².